The predicted octanol–water partition coefficient (Wildman–Crippen LogP) is 3.70. The Balaban J connectivity index is 1.56. The van der Waals surface area contributed by atoms with Crippen molar-refractivity contribution in [1.29, 1.82) is 0 Å². The summed E-state index contributed by atoms with van der Waals surface area (Å²) in [5, 5.41) is 9.53. The summed E-state index contributed by atoms with van der Waals surface area (Å²) < 4.78 is 13.7. The van der Waals surface area contributed by atoms with Gasteiger partial charge in [-0.1, -0.05) is 25.5 Å². The number of carbonyl (C=O) groups is 2. The summed E-state index contributed by atoms with van der Waals surface area (Å²) in [7, 11) is 0. The molecule has 1 aromatic heterocycles. The van der Waals surface area contributed by atoms with E-state index in [2.05, 4.69) is 22.4 Å². The van der Waals surface area contributed by atoms with Crippen LogP contribution in [-0.4, -0.2) is 40.0 Å². The third-order valence-electron chi connectivity index (χ3n) is 4.98. The van der Waals surface area contributed by atoms with E-state index in [1.54, 1.807) is 18.2 Å². The lowest BCUT2D eigenvalue weighted by molar-refractivity contribution is -0.132. The molecule has 1 aromatic carbocycles. The number of nitrogens with zero attached hydrogens (tertiary/aromatic N) is 2. The summed E-state index contributed by atoms with van der Waals surface area (Å²) >= 11 is 0. The SMILES string of the molecule is CCCCC(=O)N1CCC(c2cc(C(=O)Nc3ccccc3F)n[nH]2)CC1. The number of nitrogens with one attached hydrogen (secondary N) is 2. The maximum atomic E-state index is 13.7. The van der Waals surface area contributed by atoms with Gasteiger partial charge in [-0.05, 0) is 37.5 Å². The topological polar surface area (TPSA) is 78.1 Å². The smallest absolute Gasteiger partial charge is 0.276 e. The zero-order valence-electron chi connectivity index (χ0n) is 15.5. The highest BCUT2D eigenvalue weighted by Crippen LogP contribution is 2.27. The third kappa shape index (κ3) is 4.72. The maximum absolute atomic E-state index is 13.7. The van der Waals surface area contributed by atoms with Crippen LogP contribution < -0.4 is 5.32 Å². The molecule has 0 spiro atoms. The minimum atomic E-state index is -0.485. The summed E-state index contributed by atoms with van der Waals surface area (Å²) in [5.41, 5.74) is 1.25. The van der Waals surface area contributed by atoms with Crippen molar-refractivity contribution in [3.05, 3.63) is 47.5 Å². The number of unbranched alkanes of at least 4 members (excludes halogenated alkanes) is 1. The van der Waals surface area contributed by atoms with Crippen LogP contribution in [0, 0.1) is 5.82 Å². The van der Waals surface area contributed by atoms with Gasteiger partial charge in [-0.3, -0.25) is 14.7 Å². The Kier molecular flexibility index (Phi) is 6.21. The van der Waals surface area contributed by atoms with Crippen LogP contribution in [-0.2, 0) is 4.79 Å². The number of amides is 2. The fraction of sp³-hybridized carbons (Fsp3) is 0.450. The number of para-hydroxylation sites is 1. The van der Waals surface area contributed by atoms with Crippen molar-refractivity contribution in [3.63, 3.8) is 0 Å². The molecule has 6 nitrogen and oxygen atoms in total. The molecule has 7 heteroatoms. The number of aromatic nitrogens is 2. The van der Waals surface area contributed by atoms with Crippen LogP contribution in [0.4, 0.5) is 10.1 Å². The number of hydrogen-bond acceptors (Lipinski definition) is 3. The Morgan fingerprint density at radius 2 is 2.04 bits per heavy atom. The van der Waals surface area contributed by atoms with Crippen LogP contribution in [0.25, 0.3) is 0 Å². The molecule has 0 aliphatic carbocycles. The van der Waals surface area contributed by atoms with E-state index in [1.165, 1.54) is 12.1 Å². The van der Waals surface area contributed by atoms with Gasteiger partial charge in [-0.15, -0.1) is 0 Å². The van der Waals surface area contributed by atoms with Crippen LogP contribution in [0.15, 0.2) is 30.3 Å². The van der Waals surface area contributed by atoms with Crippen LogP contribution in [0.2, 0.25) is 0 Å². The Labute approximate surface area is 158 Å². The van der Waals surface area contributed by atoms with Crippen molar-refractivity contribution in [2.24, 2.45) is 0 Å². The van der Waals surface area contributed by atoms with E-state index >= 15 is 0 Å². The number of rotatable bonds is 6. The molecule has 0 saturated carbocycles. The van der Waals surface area contributed by atoms with Gasteiger partial charge >= 0.3 is 0 Å². The predicted molar refractivity (Wildman–Crippen MR) is 101 cm³/mol. The molecular weight excluding hydrogens is 347 g/mol. The van der Waals surface area contributed by atoms with Crippen LogP contribution in [0.5, 0.6) is 0 Å². The molecule has 0 atom stereocenters. The fourth-order valence-electron chi connectivity index (χ4n) is 3.34. The molecule has 0 bridgehead atoms. The molecule has 1 aliphatic heterocycles. The fourth-order valence-corrected chi connectivity index (χ4v) is 3.34. The first-order chi connectivity index (χ1) is 13.1. The van der Waals surface area contributed by atoms with Gasteiger partial charge in [0.2, 0.25) is 5.91 Å². The van der Waals surface area contributed by atoms with Crippen molar-refractivity contribution in [1.82, 2.24) is 15.1 Å². The van der Waals surface area contributed by atoms with Crippen LogP contribution in [0.1, 0.15) is 61.1 Å². The first kappa shape index (κ1) is 19.1. The highest BCUT2D eigenvalue weighted by molar-refractivity contribution is 6.02. The molecule has 2 aromatic rings. The van der Waals surface area contributed by atoms with Crippen molar-refractivity contribution in [2.75, 3.05) is 18.4 Å². The van der Waals surface area contributed by atoms with Gasteiger partial charge in [0.05, 0.1) is 5.69 Å². The summed E-state index contributed by atoms with van der Waals surface area (Å²) in [6.07, 6.45) is 4.25. The second-order valence-corrected chi connectivity index (χ2v) is 6.90. The number of H-pyrrole nitrogens is 1. The van der Waals surface area contributed by atoms with Crippen molar-refractivity contribution >= 4 is 17.5 Å². The van der Waals surface area contributed by atoms with E-state index in [-0.39, 0.29) is 23.2 Å². The van der Waals surface area contributed by atoms with Crippen LogP contribution >= 0.6 is 0 Å². The molecule has 0 radical (unpaired) electrons. The summed E-state index contributed by atoms with van der Waals surface area (Å²) in [4.78, 5) is 26.3. The first-order valence-electron chi connectivity index (χ1n) is 9.47. The third-order valence-corrected chi connectivity index (χ3v) is 4.98. The molecule has 3 rings (SSSR count). The number of halogens is 1. The molecule has 2 N–H and O–H groups in total. The van der Waals surface area contributed by atoms with E-state index in [1.807, 2.05) is 4.90 Å². The molecule has 1 aliphatic rings. The minimum Gasteiger partial charge on any atom is -0.343 e. The van der Waals surface area contributed by atoms with E-state index in [0.717, 1.165) is 44.5 Å². The molecule has 144 valence electrons. The lowest BCUT2D eigenvalue weighted by Gasteiger charge is -2.31. The average Bonchev–Trinajstić information content (AvgIpc) is 3.18. The molecule has 1 fully saturated rings. The van der Waals surface area contributed by atoms with E-state index in [4.69, 9.17) is 0 Å². The van der Waals surface area contributed by atoms with E-state index in [9.17, 15) is 14.0 Å². The molecule has 2 heterocycles. The Hall–Kier alpha value is -2.70. The van der Waals surface area contributed by atoms with Gasteiger partial charge in [0.15, 0.2) is 5.69 Å². The lowest BCUT2D eigenvalue weighted by atomic mass is 9.93. The number of likely N-dealkylation sites (tertiary alicyclic amines) is 1. The number of anilines is 1. The molecule has 2 amide bonds. The molecule has 1 saturated heterocycles. The van der Waals surface area contributed by atoms with Gasteiger partial charge in [0.25, 0.3) is 5.91 Å². The lowest BCUT2D eigenvalue weighted by Crippen LogP contribution is -2.37. The van der Waals surface area contributed by atoms with Gasteiger partial charge in [-0.2, -0.15) is 5.10 Å². The highest BCUT2D eigenvalue weighted by Gasteiger charge is 2.25. The Morgan fingerprint density at radius 1 is 1.30 bits per heavy atom. The minimum absolute atomic E-state index is 0.131. The van der Waals surface area contributed by atoms with Gasteiger partial charge in [0.1, 0.15) is 5.82 Å². The summed E-state index contributed by atoms with van der Waals surface area (Å²) in [6.45, 7) is 3.53. The quantitative estimate of drug-likeness (QED) is 0.812. The van der Waals surface area contributed by atoms with Crippen molar-refractivity contribution in [2.45, 2.75) is 44.9 Å². The standard InChI is InChI=1S/C20H25FN4O2/c1-2-3-8-19(26)25-11-9-14(10-12-25)17-13-18(24-23-17)20(27)22-16-7-5-4-6-15(16)21/h4-7,13-14H,2-3,8-12H2,1H3,(H,22,27)(H,23,24). The largest absolute Gasteiger partial charge is 0.343 e. The molecule has 0 unspecified atom stereocenters. The second-order valence-electron chi connectivity index (χ2n) is 6.90. The number of aromatic amines is 1. The highest BCUT2D eigenvalue weighted by atomic mass is 19.1. The number of hydrogen-bond donors (Lipinski definition) is 2. The first-order valence-corrected chi connectivity index (χ1v) is 9.47. The normalized spacial score (nSPS) is 15.0. The maximum Gasteiger partial charge on any atom is 0.276 e. The van der Waals surface area contributed by atoms with Gasteiger partial charge in [-0.25, -0.2) is 4.39 Å². The van der Waals surface area contributed by atoms with Gasteiger partial charge < -0.3 is 10.2 Å². The van der Waals surface area contributed by atoms with E-state index < -0.39 is 11.7 Å². The summed E-state index contributed by atoms with van der Waals surface area (Å²) in [6, 6.07) is 7.74. The summed E-state index contributed by atoms with van der Waals surface area (Å²) in [5.74, 6) is -0.468. The zero-order chi connectivity index (χ0) is 19.2. The van der Waals surface area contributed by atoms with Crippen molar-refractivity contribution < 1.29 is 14.0 Å². The molecule has 27 heavy (non-hydrogen) atoms. The second kappa shape index (κ2) is 8.79. The Bertz CT molecular complexity index is 797. The number of benzene rings is 1. The average molecular weight is 372 g/mol. The van der Waals surface area contributed by atoms with Crippen molar-refractivity contribution in [3.8, 4) is 0 Å². The van der Waals surface area contributed by atoms with Crippen LogP contribution in [0.3, 0.4) is 0 Å². The molecular formula is C20H25FN4O2. The Morgan fingerprint density at radius 3 is 2.74 bits per heavy atom. The zero-order valence-corrected chi connectivity index (χ0v) is 15.5. The number of piperidine rings is 1. The van der Waals surface area contributed by atoms with E-state index in [0.29, 0.717) is 6.42 Å². The van der Waals surface area contributed by atoms with Gasteiger partial charge in [0, 0.05) is 31.1 Å². The monoisotopic (exact) mass is 372 g/mol. The number of carbonyl (C=O) groups excluding carboxylic acids is 2.